The Hall–Kier alpha value is -2.08. The Balaban J connectivity index is 1.46. The molecule has 1 amide bonds. The maximum atomic E-state index is 12.6. The Morgan fingerprint density at radius 2 is 1.96 bits per heavy atom. The number of rotatable bonds is 6. The van der Waals surface area contributed by atoms with Crippen LogP contribution in [0.15, 0.2) is 47.5 Å². The minimum Gasteiger partial charge on any atom is -0.473 e. The molecule has 1 aromatic heterocycles. The van der Waals surface area contributed by atoms with Crippen molar-refractivity contribution < 1.29 is 9.53 Å². The summed E-state index contributed by atoms with van der Waals surface area (Å²) in [6.45, 7) is 5.82. The molecule has 0 radical (unpaired) electrons. The van der Waals surface area contributed by atoms with Gasteiger partial charge in [-0.3, -0.25) is 4.79 Å². The Bertz CT molecular complexity index is 699. The number of hydrogen-bond acceptors (Lipinski definition) is 5. The number of ether oxygens (including phenoxy) is 1. The van der Waals surface area contributed by atoms with Gasteiger partial charge in [0.05, 0.1) is 6.42 Å². The third-order valence-electron chi connectivity index (χ3n) is 4.28. The molecule has 2 heterocycles. The molecule has 0 aliphatic carbocycles. The van der Waals surface area contributed by atoms with Crippen LogP contribution in [0.1, 0.15) is 32.3 Å². The summed E-state index contributed by atoms with van der Waals surface area (Å²) in [5.41, 5.74) is 1.07. The number of piperidine rings is 1. The van der Waals surface area contributed by atoms with E-state index in [1.165, 1.54) is 4.90 Å². The van der Waals surface area contributed by atoms with Crippen molar-refractivity contribution in [3.8, 4) is 5.88 Å². The van der Waals surface area contributed by atoms with Gasteiger partial charge in [-0.2, -0.15) is 5.10 Å². The summed E-state index contributed by atoms with van der Waals surface area (Å²) in [6, 6.07) is 12.0. The minimum atomic E-state index is 0.100. The zero-order valence-corrected chi connectivity index (χ0v) is 16.1. The largest absolute Gasteiger partial charge is 0.473 e. The smallest absolute Gasteiger partial charge is 0.233 e. The fourth-order valence-corrected chi connectivity index (χ4v) is 3.83. The molecular formula is C20H25N3O2S. The maximum absolute atomic E-state index is 12.6. The summed E-state index contributed by atoms with van der Waals surface area (Å²) < 4.78 is 5.83. The van der Waals surface area contributed by atoms with Crippen LogP contribution < -0.4 is 4.74 Å². The Morgan fingerprint density at radius 1 is 1.23 bits per heavy atom. The lowest BCUT2D eigenvalue weighted by Gasteiger charge is -2.32. The number of carbonyl (C=O) groups excluding carboxylic acids is 1. The lowest BCUT2D eigenvalue weighted by molar-refractivity contribution is -0.132. The first-order valence-corrected chi connectivity index (χ1v) is 9.96. The predicted molar refractivity (Wildman–Crippen MR) is 103 cm³/mol. The zero-order chi connectivity index (χ0) is 18.4. The van der Waals surface area contributed by atoms with Gasteiger partial charge in [0.15, 0.2) is 0 Å². The molecule has 1 aliphatic heterocycles. The van der Waals surface area contributed by atoms with Crippen LogP contribution in [0.25, 0.3) is 0 Å². The molecule has 0 saturated carbocycles. The van der Waals surface area contributed by atoms with Crippen LogP contribution in [0.3, 0.4) is 0 Å². The van der Waals surface area contributed by atoms with Crippen LogP contribution in [0.5, 0.6) is 5.88 Å². The van der Waals surface area contributed by atoms with Crippen LogP contribution in [0.4, 0.5) is 0 Å². The van der Waals surface area contributed by atoms with E-state index in [0.29, 0.717) is 17.6 Å². The molecule has 5 nitrogen and oxygen atoms in total. The summed E-state index contributed by atoms with van der Waals surface area (Å²) in [5.74, 6) is 0.740. The normalized spacial score (nSPS) is 15.3. The second-order valence-electron chi connectivity index (χ2n) is 6.75. The van der Waals surface area contributed by atoms with Crippen molar-refractivity contribution in [2.24, 2.45) is 0 Å². The summed E-state index contributed by atoms with van der Waals surface area (Å²) in [6.07, 6.45) is 3.84. The van der Waals surface area contributed by atoms with Gasteiger partial charge >= 0.3 is 0 Å². The molecule has 138 valence electrons. The lowest BCUT2D eigenvalue weighted by Crippen LogP contribution is -2.42. The first-order chi connectivity index (χ1) is 12.6. The topological polar surface area (TPSA) is 55.3 Å². The molecule has 6 heteroatoms. The van der Waals surface area contributed by atoms with E-state index in [2.05, 4.69) is 48.3 Å². The summed E-state index contributed by atoms with van der Waals surface area (Å²) in [4.78, 5) is 15.7. The van der Waals surface area contributed by atoms with E-state index < -0.39 is 0 Å². The highest BCUT2D eigenvalue weighted by Crippen LogP contribution is 2.23. The number of benzene rings is 1. The van der Waals surface area contributed by atoms with Gasteiger partial charge < -0.3 is 9.64 Å². The SMILES string of the molecule is CC(C)Sc1ccc(CC(=O)N2CCC(Oc3cccnn3)CC2)cc1. The van der Waals surface area contributed by atoms with Crippen LogP contribution in [-0.4, -0.2) is 45.4 Å². The Kier molecular flexibility index (Phi) is 6.50. The van der Waals surface area contributed by atoms with Crippen molar-refractivity contribution in [1.82, 2.24) is 15.1 Å². The Labute approximate surface area is 159 Å². The molecule has 1 aliphatic rings. The molecule has 0 atom stereocenters. The van der Waals surface area contributed by atoms with Gasteiger partial charge in [-0.1, -0.05) is 26.0 Å². The van der Waals surface area contributed by atoms with Gasteiger partial charge in [0.1, 0.15) is 6.10 Å². The van der Waals surface area contributed by atoms with Crippen LogP contribution in [0, 0.1) is 0 Å². The second-order valence-corrected chi connectivity index (χ2v) is 8.40. The molecule has 3 rings (SSSR count). The first kappa shape index (κ1) is 18.7. The van der Waals surface area contributed by atoms with Crippen molar-refractivity contribution >= 4 is 17.7 Å². The monoisotopic (exact) mass is 371 g/mol. The van der Waals surface area contributed by atoms with Gasteiger partial charge in [0.25, 0.3) is 0 Å². The fraction of sp³-hybridized carbons (Fsp3) is 0.450. The van der Waals surface area contributed by atoms with Gasteiger partial charge in [-0.05, 0) is 23.8 Å². The van der Waals surface area contributed by atoms with Crippen molar-refractivity contribution in [1.29, 1.82) is 0 Å². The molecule has 0 unspecified atom stereocenters. The lowest BCUT2D eigenvalue weighted by atomic mass is 10.1. The molecule has 0 bridgehead atoms. The number of thioether (sulfide) groups is 1. The Morgan fingerprint density at radius 3 is 2.58 bits per heavy atom. The zero-order valence-electron chi connectivity index (χ0n) is 15.3. The second kappa shape index (κ2) is 9.03. The number of aromatic nitrogens is 2. The first-order valence-electron chi connectivity index (χ1n) is 9.08. The number of likely N-dealkylation sites (tertiary alicyclic amines) is 1. The van der Waals surface area contributed by atoms with E-state index in [-0.39, 0.29) is 12.0 Å². The molecule has 26 heavy (non-hydrogen) atoms. The highest BCUT2D eigenvalue weighted by Gasteiger charge is 2.24. The summed E-state index contributed by atoms with van der Waals surface area (Å²) >= 11 is 1.84. The third-order valence-corrected chi connectivity index (χ3v) is 5.30. The van der Waals surface area contributed by atoms with E-state index in [1.54, 1.807) is 6.20 Å². The van der Waals surface area contributed by atoms with E-state index in [0.717, 1.165) is 31.5 Å². The quantitative estimate of drug-likeness (QED) is 0.727. The minimum absolute atomic E-state index is 0.100. The standard InChI is InChI=1S/C20H25N3O2S/c1-15(2)26-18-7-5-16(6-8-18)14-20(24)23-12-9-17(10-13-23)25-19-4-3-11-21-22-19/h3-8,11,15,17H,9-10,12-14H2,1-2H3. The molecule has 1 aromatic carbocycles. The number of carbonyl (C=O) groups is 1. The number of amides is 1. The maximum Gasteiger partial charge on any atom is 0.233 e. The average molecular weight is 372 g/mol. The van der Waals surface area contributed by atoms with Crippen molar-refractivity contribution in [2.75, 3.05) is 13.1 Å². The van der Waals surface area contributed by atoms with Crippen molar-refractivity contribution in [3.05, 3.63) is 48.2 Å². The van der Waals surface area contributed by atoms with Gasteiger partial charge in [-0.25, -0.2) is 0 Å². The molecular weight excluding hydrogens is 346 g/mol. The van der Waals surface area contributed by atoms with Crippen molar-refractivity contribution in [2.45, 2.75) is 49.4 Å². The molecule has 1 fully saturated rings. The van der Waals surface area contributed by atoms with E-state index in [1.807, 2.05) is 28.8 Å². The highest BCUT2D eigenvalue weighted by atomic mass is 32.2. The van der Waals surface area contributed by atoms with E-state index in [9.17, 15) is 4.79 Å². The highest BCUT2D eigenvalue weighted by molar-refractivity contribution is 7.99. The molecule has 0 spiro atoms. The number of nitrogens with zero attached hydrogens (tertiary/aromatic N) is 3. The van der Waals surface area contributed by atoms with Crippen LogP contribution in [-0.2, 0) is 11.2 Å². The fourth-order valence-electron chi connectivity index (χ4n) is 2.99. The summed E-state index contributed by atoms with van der Waals surface area (Å²) in [7, 11) is 0. The van der Waals surface area contributed by atoms with Gasteiger partial charge in [-0.15, -0.1) is 16.9 Å². The van der Waals surface area contributed by atoms with Crippen molar-refractivity contribution in [3.63, 3.8) is 0 Å². The average Bonchev–Trinajstić information content (AvgIpc) is 2.64. The van der Waals surface area contributed by atoms with Gasteiger partial charge in [0, 0.05) is 48.3 Å². The summed E-state index contributed by atoms with van der Waals surface area (Å²) in [5, 5.41) is 8.34. The van der Waals surface area contributed by atoms with Crippen LogP contribution >= 0.6 is 11.8 Å². The van der Waals surface area contributed by atoms with Crippen LogP contribution in [0.2, 0.25) is 0 Å². The predicted octanol–water partition coefficient (Wildman–Crippen LogP) is 3.59. The number of hydrogen-bond donors (Lipinski definition) is 0. The van der Waals surface area contributed by atoms with Gasteiger partial charge in [0.2, 0.25) is 11.8 Å². The third kappa shape index (κ3) is 5.46. The molecule has 0 N–H and O–H groups in total. The van der Waals surface area contributed by atoms with E-state index >= 15 is 0 Å². The molecule has 1 saturated heterocycles. The van der Waals surface area contributed by atoms with E-state index in [4.69, 9.17) is 4.74 Å². The molecule has 2 aromatic rings.